The third-order valence-electron chi connectivity index (χ3n) is 4.58. The molecule has 1 aromatic rings. The van der Waals surface area contributed by atoms with E-state index >= 15 is 0 Å². The second kappa shape index (κ2) is 5.63. The molecule has 0 radical (unpaired) electrons. The summed E-state index contributed by atoms with van der Waals surface area (Å²) >= 11 is 0. The van der Waals surface area contributed by atoms with Gasteiger partial charge in [0.05, 0.1) is 6.10 Å². The lowest BCUT2D eigenvalue weighted by atomic mass is 9.60. The molecule has 2 aliphatic rings. The van der Waals surface area contributed by atoms with Crippen molar-refractivity contribution in [3.05, 3.63) is 36.7 Å². The van der Waals surface area contributed by atoms with E-state index in [9.17, 15) is 14.0 Å². The SMILES string of the molecule is C=CC[C@H](C)Oc1cc(F)ccc1[B-]12OC(=O)C[N+]1(C)CC(=O)O2. The van der Waals surface area contributed by atoms with E-state index in [1.54, 1.807) is 13.1 Å². The number of quaternary nitrogens is 1. The summed E-state index contributed by atoms with van der Waals surface area (Å²) in [6.45, 7) is 3.05. The van der Waals surface area contributed by atoms with E-state index in [4.69, 9.17) is 14.0 Å². The van der Waals surface area contributed by atoms with Crippen LogP contribution >= 0.6 is 0 Å². The Morgan fingerprint density at radius 1 is 1.38 bits per heavy atom. The molecule has 8 heteroatoms. The molecule has 1 atom stereocenters. The van der Waals surface area contributed by atoms with Crippen LogP contribution in [0, 0.1) is 5.82 Å². The number of carbonyl (C=O) groups excluding carboxylic acids is 2. The second-order valence-corrected chi connectivity index (χ2v) is 6.58. The first-order valence-corrected chi connectivity index (χ1v) is 7.79. The third kappa shape index (κ3) is 2.47. The van der Waals surface area contributed by atoms with Crippen LogP contribution in [0.5, 0.6) is 5.75 Å². The highest BCUT2D eigenvalue weighted by Crippen LogP contribution is 2.35. The molecular formula is C16H19BFNO5. The van der Waals surface area contributed by atoms with E-state index in [2.05, 4.69) is 6.58 Å². The predicted molar refractivity (Wildman–Crippen MR) is 84.8 cm³/mol. The first-order valence-electron chi connectivity index (χ1n) is 7.79. The van der Waals surface area contributed by atoms with Crippen molar-refractivity contribution in [2.75, 3.05) is 20.1 Å². The number of nitrogens with zero attached hydrogens (tertiary/aromatic N) is 1. The summed E-state index contributed by atoms with van der Waals surface area (Å²) in [5.41, 5.74) is 0.381. The Hall–Kier alpha value is -2.35. The van der Waals surface area contributed by atoms with E-state index in [0.29, 0.717) is 11.9 Å². The Morgan fingerprint density at radius 2 is 2.00 bits per heavy atom. The number of hydrogen-bond acceptors (Lipinski definition) is 5. The molecular weight excluding hydrogens is 316 g/mol. The summed E-state index contributed by atoms with van der Waals surface area (Å²) in [6.07, 6.45) is 1.99. The van der Waals surface area contributed by atoms with Crippen LogP contribution in [-0.2, 0) is 18.9 Å². The van der Waals surface area contributed by atoms with Crippen LogP contribution in [0.15, 0.2) is 30.9 Å². The molecule has 0 aromatic heterocycles. The Kier molecular flexibility index (Phi) is 3.87. The highest BCUT2D eigenvalue weighted by atomic mass is 19.1. The lowest BCUT2D eigenvalue weighted by Gasteiger charge is -2.40. The van der Waals surface area contributed by atoms with Gasteiger partial charge in [0, 0.05) is 19.5 Å². The van der Waals surface area contributed by atoms with E-state index in [1.807, 2.05) is 6.92 Å². The number of hydrogen-bond donors (Lipinski definition) is 0. The first-order chi connectivity index (χ1) is 11.3. The van der Waals surface area contributed by atoms with Crippen molar-refractivity contribution < 1.29 is 32.4 Å². The summed E-state index contributed by atoms with van der Waals surface area (Å²) in [5.74, 6) is -1.20. The van der Waals surface area contributed by atoms with Gasteiger partial charge in [-0.25, -0.2) is 4.39 Å². The fraction of sp³-hybridized carbons (Fsp3) is 0.375. The Morgan fingerprint density at radius 3 is 2.58 bits per heavy atom. The van der Waals surface area contributed by atoms with Crippen molar-refractivity contribution in [2.45, 2.75) is 19.4 Å². The number of halogens is 1. The molecule has 1 aromatic carbocycles. The largest absolute Gasteiger partial charge is 0.618 e. The van der Waals surface area contributed by atoms with Crippen molar-refractivity contribution >= 4 is 24.1 Å². The van der Waals surface area contributed by atoms with Crippen molar-refractivity contribution in [1.82, 2.24) is 0 Å². The van der Waals surface area contributed by atoms with Gasteiger partial charge >= 0.3 is 18.6 Å². The van der Waals surface area contributed by atoms with Gasteiger partial charge in [-0.2, -0.15) is 0 Å². The van der Waals surface area contributed by atoms with Crippen LogP contribution in [0.2, 0.25) is 0 Å². The number of fused-ring (bicyclic) bond motifs is 1. The molecule has 24 heavy (non-hydrogen) atoms. The lowest BCUT2D eigenvalue weighted by Crippen LogP contribution is -2.67. The molecule has 0 bridgehead atoms. The topological polar surface area (TPSA) is 61.8 Å². The van der Waals surface area contributed by atoms with Crippen LogP contribution in [0.3, 0.4) is 0 Å². The number of likely N-dealkylation sites (N-methyl/N-ethyl adjacent to an activating group) is 1. The Bertz CT molecular complexity index is 702. The molecule has 2 aliphatic heterocycles. The van der Waals surface area contributed by atoms with Crippen LogP contribution in [0.25, 0.3) is 0 Å². The fourth-order valence-electron chi connectivity index (χ4n) is 3.47. The van der Waals surface area contributed by atoms with Gasteiger partial charge in [0.25, 0.3) is 0 Å². The monoisotopic (exact) mass is 335 g/mol. The molecule has 2 fully saturated rings. The average molecular weight is 335 g/mol. The summed E-state index contributed by atoms with van der Waals surface area (Å²) in [7, 11) is 1.72. The van der Waals surface area contributed by atoms with Crippen LogP contribution in [0.1, 0.15) is 13.3 Å². The van der Waals surface area contributed by atoms with Gasteiger partial charge < -0.3 is 18.4 Å². The zero-order valence-electron chi connectivity index (χ0n) is 13.7. The predicted octanol–water partition coefficient (Wildman–Crippen LogP) is 0.875. The van der Waals surface area contributed by atoms with Crippen molar-refractivity contribution in [2.24, 2.45) is 0 Å². The van der Waals surface area contributed by atoms with Crippen molar-refractivity contribution in [3.63, 3.8) is 0 Å². The number of carbonyl (C=O) groups is 2. The normalized spacial score (nSPS) is 29.6. The smallest absolute Gasteiger partial charge is 0.596 e. The molecule has 0 aliphatic carbocycles. The molecule has 0 N–H and O–H groups in total. The van der Waals surface area contributed by atoms with Crippen molar-refractivity contribution in [3.8, 4) is 5.75 Å². The molecule has 6 nitrogen and oxygen atoms in total. The quantitative estimate of drug-likeness (QED) is 0.590. The Balaban J connectivity index is 2.09. The zero-order chi connectivity index (χ0) is 17.5. The molecule has 2 saturated heterocycles. The van der Waals surface area contributed by atoms with Crippen LogP contribution in [-0.4, -0.2) is 49.3 Å². The van der Waals surface area contributed by atoms with Crippen LogP contribution in [0.4, 0.5) is 4.39 Å². The number of ether oxygens (including phenoxy) is 1. The molecule has 0 saturated carbocycles. The van der Waals surface area contributed by atoms with E-state index in [-0.39, 0.29) is 29.3 Å². The van der Waals surface area contributed by atoms with Gasteiger partial charge in [0.15, 0.2) is 0 Å². The minimum atomic E-state index is -2.46. The van der Waals surface area contributed by atoms with Gasteiger partial charge in [0.2, 0.25) is 0 Å². The Labute approximate surface area is 139 Å². The van der Waals surface area contributed by atoms with E-state index in [1.165, 1.54) is 18.2 Å². The molecule has 3 rings (SSSR count). The average Bonchev–Trinajstić information content (AvgIpc) is 2.82. The second-order valence-electron chi connectivity index (χ2n) is 6.58. The third-order valence-corrected chi connectivity index (χ3v) is 4.58. The minimum Gasteiger partial charge on any atom is -0.596 e. The molecule has 0 unspecified atom stereocenters. The van der Waals surface area contributed by atoms with Gasteiger partial charge in [-0.3, -0.25) is 9.59 Å². The van der Waals surface area contributed by atoms with Gasteiger partial charge in [-0.1, -0.05) is 12.1 Å². The zero-order valence-corrected chi connectivity index (χ0v) is 13.7. The highest BCUT2D eigenvalue weighted by Gasteiger charge is 2.67. The minimum absolute atomic E-state index is 0.0184. The summed E-state index contributed by atoms with van der Waals surface area (Å²) in [4.78, 5) is 23.8. The molecule has 0 spiro atoms. The lowest BCUT2D eigenvalue weighted by molar-refractivity contribution is -0.791. The van der Waals surface area contributed by atoms with E-state index < -0.39 is 24.4 Å². The summed E-state index contributed by atoms with van der Waals surface area (Å²) in [5, 5.41) is 0. The van der Waals surface area contributed by atoms with Gasteiger partial charge in [-0.05, 0) is 18.5 Å². The maximum atomic E-state index is 13.7. The molecule has 0 amide bonds. The standard InChI is InChI=1S/C16H19BFNO5/c1-4-5-11(2)22-14-8-12(18)6-7-13(14)17-19(3,9-15(20)23-17)10-16(21)24-17/h4,6-8,11H,1,5,9-10H2,2-3H3/t11-,17?,19?/m0/s1. The fourth-order valence-corrected chi connectivity index (χ4v) is 3.47. The van der Waals surface area contributed by atoms with Gasteiger partial charge in [0.1, 0.15) is 24.7 Å². The maximum absolute atomic E-state index is 13.7. The number of rotatable bonds is 5. The van der Waals surface area contributed by atoms with E-state index in [0.717, 1.165) is 0 Å². The maximum Gasteiger partial charge on any atom is 0.618 e. The molecule has 2 heterocycles. The summed E-state index contributed by atoms with van der Waals surface area (Å²) in [6, 6.07) is 3.91. The highest BCUT2D eigenvalue weighted by molar-refractivity contribution is 6.79. The molecule has 128 valence electrons. The summed E-state index contributed by atoms with van der Waals surface area (Å²) < 4.78 is 30.5. The first kappa shape index (κ1) is 16.5. The van der Waals surface area contributed by atoms with Gasteiger partial charge in [-0.15, -0.1) is 6.58 Å². The van der Waals surface area contributed by atoms with Crippen molar-refractivity contribution in [1.29, 1.82) is 0 Å². The van der Waals surface area contributed by atoms with Crippen LogP contribution < -0.4 is 10.2 Å². The number of benzene rings is 1.